The van der Waals surface area contributed by atoms with Gasteiger partial charge >= 0.3 is 6.18 Å². The number of nitrogens with zero attached hydrogens (tertiary/aromatic N) is 2. The maximum Gasteiger partial charge on any atom is 0.416 e. The van der Waals surface area contributed by atoms with E-state index in [4.69, 9.17) is 0 Å². The van der Waals surface area contributed by atoms with Gasteiger partial charge in [-0.05, 0) is 29.5 Å². The molecule has 0 saturated carbocycles. The molecule has 0 spiro atoms. The number of thioether (sulfide) groups is 1. The van der Waals surface area contributed by atoms with Crippen LogP contribution in [0.5, 0.6) is 0 Å². The molecule has 0 radical (unpaired) electrons. The first kappa shape index (κ1) is 18.5. The quantitative estimate of drug-likeness (QED) is 0.507. The Morgan fingerprint density at radius 1 is 0.679 bits per heavy atom. The predicted octanol–water partition coefficient (Wildman–Crippen LogP) is 6.34. The molecule has 3 aromatic rings. The number of rotatable bonds is 3. The van der Waals surface area contributed by atoms with Crippen LogP contribution in [0.1, 0.15) is 28.4 Å². The van der Waals surface area contributed by atoms with Gasteiger partial charge in [0.1, 0.15) is 10.1 Å². The first-order chi connectivity index (χ1) is 13.5. The lowest BCUT2D eigenvalue weighted by Crippen LogP contribution is -2.13. The van der Waals surface area contributed by atoms with Crippen molar-refractivity contribution in [2.45, 2.75) is 12.3 Å². The zero-order valence-corrected chi connectivity index (χ0v) is 15.4. The van der Waals surface area contributed by atoms with Crippen molar-refractivity contribution in [1.82, 2.24) is 0 Å². The molecule has 0 N–H and O–H groups in total. The topological polar surface area (TPSA) is 24.7 Å². The lowest BCUT2D eigenvalue weighted by molar-refractivity contribution is -0.137. The van der Waals surface area contributed by atoms with Crippen LogP contribution >= 0.6 is 11.8 Å². The Labute approximate surface area is 164 Å². The third-order valence-electron chi connectivity index (χ3n) is 4.23. The van der Waals surface area contributed by atoms with Crippen LogP contribution in [-0.4, -0.2) is 10.1 Å². The summed E-state index contributed by atoms with van der Waals surface area (Å²) in [5.41, 5.74) is 1.54. The van der Waals surface area contributed by atoms with Gasteiger partial charge in [0.25, 0.3) is 0 Å². The number of halogens is 3. The minimum absolute atomic E-state index is 0.414. The van der Waals surface area contributed by atoms with E-state index in [2.05, 4.69) is 9.98 Å². The monoisotopic (exact) mass is 396 g/mol. The van der Waals surface area contributed by atoms with Gasteiger partial charge in [-0.1, -0.05) is 72.8 Å². The average molecular weight is 396 g/mol. The van der Waals surface area contributed by atoms with E-state index >= 15 is 0 Å². The van der Waals surface area contributed by atoms with Gasteiger partial charge in [-0.3, -0.25) is 0 Å². The van der Waals surface area contributed by atoms with Crippen molar-refractivity contribution in [2.75, 3.05) is 0 Å². The van der Waals surface area contributed by atoms with Crippen molar-refractivity contribution in [3.63, 3.8) is 0 Å². The summed E-state index contributed by atoms with van der Waals surface area (Å²) >= 11 is 1.42. The van der Waals surface area contributed by atoms with Crippen LogP contribution in [0, 0.1) is 0 Å². The maximum atomic E-state index is 13.1. The molecule has 140 valence electrons. The van der Waals surface area contributed by atoms with Gasteiger partial charge in [0, 0.05) is 11.1 Å². The summed E-state index contributed by atoms with van der Waals surface area (Å²) in [6, 6.07) is 24.4. The molecule has 6 heteroatoms. The van der Waals surface area contributed by atoms with Crippen LogP contribution in [0.3, 0.4) is 0 Å². The van der Waals surface area contributed by atoms with E-state index in [1.54, 1.807) is 6.07 Å². The van der Waals surface area contributed by atoms with E-state index in [0.29, 0.717) is 5.56 Å². The van der Waals surface area contributed by atoms with Crippen LogP contribution in [-0.2, 0) is 6.18 Å². The molecule has 0 saturated heterocycles. The Bertz CT molecular complexity index is 973. The molecule has 2 nitrogen and oxygen atoms in total. The molecule has 0 aromatic heterocycles. The number of aliphatic imine (C=N–C) groups is 2. The standard InChI is InChI=1S/C22H15F3N2S/c23-22(24,25)18-13-7-12-17(14-18)19-26-20(15-8-3-1-4-9-15)28-21(27-19)16-10-5-2-6-11-16/h1-14,19H. The van der Waals surface area contributed by atoms with Crippen molar-refractivity contribution in [3.05, 3.63) is 107 Å². The predicted molar refractivity (Wildman–Crippen MR) is 108 cm³/mol. The van der Waals surface area contributed by atoms with E-state index in [1.165, 1.54) is 17.8 Å². The van der Waals surface area contributed by atoms with E-state index in [9.17, 15) is 13.2 Å². The fourth-order valence-corrected chi connectivity index (χ4v) is 3.84. The van der Waals surface area contributed by atoms with E-state index in [-0.39, 0.29) is 0 Å². The normalized spacial score (nSPS) is 15.1. The fraction of sp³-hybridized carbons (Fsp3) is 0.0909. The second kappa shape index (κ2) is 7.64. The van der Waals surface area contributed by atoms with Crippen LogP contribution in [0.2, 0.25) is 0 Å². The van der Waals surface area contributed by atoms with Gasteiger partial charge in [-0.2, -0.15) is 13.2 Å². The summed E-state index contributed by atoms with van der Waals surface area (Å²) in [4.78, 5) is 9.29. The Balaban J connectivity index is 1.79. The van der Waals surface area contributed by atoms with E-state index in [0.717, 1.165) is 33.3 Å². The molecule has 1 aliphatic rings. The van der Waals surface area contributed by atoms with Gasteiger partial charge in [0.05, 0.1) is 5.56 Å². The number of hydrogen-bond acceptors (Lipinski definition) is 3. The summed E-state index contributed by atoms with van der Waals surface area (Å²) in [7, 11) is 0. The summed E-state index contributed by atoms with van der Waals surface area (Å²) in [6.07, 6.45) is -5.13. The van der Waals surface area contributed by atoms with Gasteiger partial charge in [-0.15, -0.1) is 0 Å². The second-order valence-electron chi connectivity index (χ2n) is 6.20. The van der Waals surface area contributed by atoms with Crippen LogP contribution in [0.4, 0.5) is 13.2 Å². The molecule has 3 aromatic carbocycles. The van der Waals surface area contributed by atoms with Gasteiger partial charge < -0.3 is 0 Å². The summed E-state index contributed by atoms with van der Waals surface area (Å²) < 4.78 is 39.4. The number of alkyl halides is 3. The molecule has 0 aliphatic carbocycles. The summed E-state index contributed by atoms with van der Waals surface area (Å²) in [5, 5.41) is 1.47. The van der Waals surface area contributed by atoms with E-state index < -0.39 is 17.9 Å². The zero-order chi connectivity index (χ0) is 19.6. The Kier molecular flexibility index (Phi) is 5.05. The summed E-state index contributed by atoms with van der Waals surface area (Å²) in [5.74, 6) is 0. The number of hydrogen-bond donors (Lipinski definition) is 0. The van der Waals surface area contributed by atoms with Gasteiger partial charge in [0.2, 0.25) is 0 Å². The lowest BCUT2D eigenvalue weighted by atomic mass is 10.1. The fourth-order valence-electron chi connectivity index (χ4n) is 2.85. The van der Waals surface area contributed by atoms with Crippen molar-refractivity contribution >= 4 is 21.8 Å². The molecular formula is C22H15F3N2S. The highest BCUT2D eigenvalue weighted by molar-refractivity contribution is 8.27. The van der Waals surface area contributed by atoms with Crippen molar-refractivity contribution in [3.8, 4) is 0 Å². The molecule has 0 amide bonds. The maximum absolute atomic E-state index is 13.1. The van der Waals surface area contributed by atoms with Crippen molar-refractivity contribution in [2.24, 2.45) is 9.98 Å². The van der Waals surface area contributed by atoms with Gasteiger partial charge in [0.15, 0.2) is 6.17 Å². The van der Waals surface area contributed by atoms with Crippen molar-refractivity contribution < 1.29 is 13.2 Å². The highest BCUT2D eigenvalue weighted by atomic mass is 32.2. The van der Waals surface area contributed by atoms with Gasteiger partial charge in [-0.25, -0.2) is 9.98 Å². The first-order valence-corrected chi connectivity index (χ1v) is 9.44. The molecule has 1 aliphatic heterocycles. The van der Waals surface area contributed by atoms with Crippen LogP contribution < -0.4 is 0 Å². The molecular weight excluding hydrogens is 381 g/mol. The highest BCUT2D eigenvalue weighted by Crippen LogP contribution is 2.35. The average Bonchev–Trinajstić information content (AvgIpc) is 2.74. The summed E-state index contributed by atoms with van der Waals surface area (Å²) in [6.45, 7) is 0. The molecule has 0 unspecified atom stereocenters. The third-order valence-corrected chi connectivity index (χ3v) is 5.29. The molecule has 0 atom stereocenters. The van der Waals surface area contributed by atoms with E-state index in [1.807, 2.05) is 60.7 Å². The van der Waals surface area contributed by atoms with Crippen molar-refractivity contribution in [1.29, 1.82) is 0 Å². The molecule has 1 heterocycles. The Hall–Kier alpha value is -2.86. The largest absolute Gasteiger partial charge is 0.416 e. The smallest absolute Gasteiger partial charge is 0.246 e. The molecule has 28 heavy (non-hydrogen) atoms. The minimum atomic E-state index is -4.41. The molecule has 0 bridgehead atoms. The number of benzene rings is 3. The highest BCUT2D eigenvalue weighted by Gasteiger charge is 2.31. The Morgan fingerprint density at radius 2 is 1.21 bits per heavy atom. The first-order valence-electron chi connectivity index (χ1n) is 8.62. The second-order valence-corrected chi connectivity index (χ2v) is 7.18. The molecule has 4 rings (SSSR count). The minimum Gasteiger partial charge on any atom is -0.246 e. The zero-order valence-electron chi connectivity index (χ0n) is 14.6. The third kappa shape index (κ3) is 4.02. The Morgan fingerprint density at radius 3 is 1.71 bits per heavy atom. The lowest BCUT2D eigenvalue weighted by Gasteiger charge is -2.20. The van der Waals surface area contributed by atoms with Crippen LogP contribution in [0.25, 0.3) is 0 Å². The SMILES string of the molecule is FC(F)(F)c1cccc(C2N=C(c3ccccc3)SC(c3ccccc3)=N2)c1. The molecule has 0 fully saturated rings. The van der Waals surface area contributed by atoms with Crippen LogP contribution in [0.15, 0.2) is 94.9 Å².